The lowest BCUT2D eigenvalue weighted by Crippen LogP contribution is -2.01. The Morgan fingerprint density at radius 2 is 2.19 bits per heavy atom. The molecule has 4 nitrogen and oxygen atoms in total. The first kappa shape index (κ1) is 10.6. The average Bonchev–Trinajstić information content (AvgIpc) is 2.76. The zero-order valence-electron chi connectivity index (χ0n) is 8.90. The molecule has 0 aliphatic rings. The first-order valence-corrected chi connectivity index (χ1v) is 5.09. The Morgan fingerprint density at radius 3 is 2.88 bits per heavy atom. The van der Waals surface area contributed by atoms with Crippen molar-refractivity contribution in [3.63, 3.8) is 0 Å². The first-order valence-electron chi connectivity index (χ1n) is 5.09. The second kappa shape index (κ2) is 4.74. The number of anilines is 1. The minimum absolute atomic E-state index is 0.294. The van der Waals surface area contributed by atoms with Crippen LogP contribution < -0.4 is 5.32 Å². The molecule has 0 amide bonds. The van der Waals surface area contributed by atoms with Gasteiger partial charge in [0.15, 0.2) is 5.82 Å². The van der Waals surface area contributed by atoms with E-state index in [2.05, 4.69) is 15.5 Å². The van der Waals surface area contributed by atoms with Crippen molar-refractivity contribution in [2.45, 2.75) is 19.9 Å². The fourth-order valence-electron chi connectivity index (χ4n) is 1.28. The van der Waals surface area contributed by atoms with E-state index in [1.54, 1.807) is 18.2 Å². The van der Waals surface area contributed by atoms with Gasteiger partial charge < -0.3 is 9.84 Å². The smallest absolute Gasteiger partial charge is 0.245 e. The summed E-state index contributed by atoms with van der Waals surface area (Å²) in [6.07, 6.45) is 0.725. The third kappa shape index (κ3) is 2.36. The number of nitrogens with one attached hydrogen (secondary N) is 1. The third-order valence-electron chi connectivity index (χ3n) is 2.13. The van der Waals surface area contributed by atoms with Gasteiger partial charge in [0.25, 0.3) is 0 Å². The van der Waals surface area contributed by atoms with Gasteiger partial charge in [0, 0.05) is 6.42 Å². The maximum Gasteiger partial charge on any atom is 0.245 e. The molecular formula is C11H12FN3O. The lowest BCUT2D eigenvalue weighted by Gasteiger charge is -2.03. The molecule has 0 aliphatic heterocycles. The molecule has 0 unspecified atom stereocenters. The fourth-order valence-corrected chi connectivity index (χ4v) is 1.28. The van der Waals surface area contributed by atoms with Crippen LogP contribution in [0.25, 0.3) is 0 Å². The van der Waals surface area contributed by atoms with Crippen LogP contribution in [0.15, 0.2) is 28.8 Å². The molecule has 1 N–H and O–H groups in total. The van der Waals surface area contributed by atoms with Gasteiger partial charge in [-0.25, -0.2) is 4.39 Å². The number of benzene rings is 1. The number of hydrogen-bond acceptors (Lipinski definition) is 4. The highest BCUT2D eigenvalue weighted by molar-refractivity contribution is 5.44. The van der Waals surface area contributed by atoms with Gasteiger partial charge in [0.1, 0.15) is 5.82 Å². The van der Waals surface area contributed by atoms with Gasteiger partial charge in [-0.05, 0) is 12.1 Å². The molecule has 1 heterocycles. The second-order valence-corrected chi connectivity index (χ2v) is 3.29. The predicted molar refractivity (Wildman–Crippen MR) is 57.4 cm³/mol. The Balaban J connectivity index is 1.99. The second-order valence-electron chi connectivity index (χ2n) is 3.29. The molecule has 1 aromatic carbocycles. The number of hydrogen-bond donors (Lipinski definition) is 1. The minimum Gasteiger partial charge on any atom is -0.374 e. The molecule has 2 aromatic rings. The van der Waals surface area contributed by atoms with Crippen LogP contribution in [0.1, 0.15) is 18.6 Å². The minimum atomic E-state index is -0.294. The molecule has 0 fully saturated rings. The largest absolute Gasteiger partial charge is 0.374 e. The van der Waals surface area contributed by atoms with Crippen LogP contribution in [0.2, 0.25) is 0 Å². The summed E-state index contributed by atoms with van der Waals surface area (Å²) >= 11 is 0. The van der Waals surface area contributed by atoms with Crippen molar-refractivity contribution >= 4 is 5.69 Å². The molecule has 0 spiro atoms. The maximum atomic E-state index is 13.2. The molecule has 0 atom stereocenters. The van der Waals surface area contributed by atoms with E-state index in [1.165, 1.54) is 6.07 Å². The first-order chi connectivity index (χ1) is 7.79. The monoisotopic (exact) mass is 221 g/mol. The summed E-state index contributed by atoms with van der Waals surface area (Å²) in [6.45, 7) is 2.27. The standard InChI is InChI=1S/C11H12FN3O/c1-2-10-14-11(16-15-10)7-13-9-6-4-3-5-8(9)12/h3-6,13H,2,7H2,1H3. The molecule has 84 valence electrons. The van der Waals surface area contributed by atoms with Gasteiger partial charge in [0.2, 0.25) is 5.89 Å². The molecule has 0 radical (unpaired) electrons. The molecular weight excluding hydrogens is 209 g/mol. The quantitative estimate of drug-likeness (QED) is 0.861. The highest BCUT2D eigenvalue weighted by atomic mass is 19.1. The summed E-state index contributed by atoms with van der Waals surface area (Å²) in [5.74, 6) is 0.822. The van der Waals surface area contributed by atoms with E-state index in [-0.39, 0.29) is 5.82 Å². The van der Waals surface area contributed by atoms with E-state index >= 15 is 0 Å². The van der Waals surface area contributed by atoms with Crippen LogP contribution in [0, 0.1) is 5.82 Å². The summed E-state index contributed by atoms with van der Waals surface area (Å²) in [6, 6.07) is 6.46. The zero-order valence-corrected chi connectivity index (χ0v) is 8.90. The van der Waals surface area contributed by atoms with E-state index in [4.69, 9.17) is 4.52 Å². The highest BCUT2D eigenvalue weighted by Crippen LogP contribution is 2.13. The SMILES string of the molecule is CCc1noc(CNc2ccccc2F)n1. The van der Waals surface area contributed by atoms with Gasteiger partial charge in [0.05, 0.1) is 12.2 Å². The lowest BCUT2D eigenvalue weighted by atomic mass is 10.3. The van der Waals surface area contributed by atoms with Crippen molar-refractivity contribution in [3.8, 4) is 0 Å². The number of aryl methyl sites for hydroxylation is 1. The molecule has 0 saturated heterocycles. The lowest BCUT2D eigenvalue weighted by molar-refractivity contribution is 0.378. The highest BCUT2D eigenvalue weighted by Gasteiger charge is 2.05. The van der Waals surface area contributed by atoms with Gasteiger partial charge in [-0.3, -0.25) is 0 Å². The van der Waals surface area contributed by atoms with E-state index < -0.39 is 0 Å². The molecule has 0 saturated carbocycles. The fraction of sp³-hybridized carbons (Fsp3) is 0.273. The van der Waals surface area contributed by atoms with Crippen molar-refractivity contribution in [3.05, 3.63) is 41.8 Å². The summed E-state index contributed by atoms with van der Waals surface area (Å²) in [5, 5.41) is 6.64. The van der Waals surface area contributed by atoms with Crippen molar-refractivity contribution in [1.82, 2.24) is 10.1 Å². The van der Waals surface area contributed by atoms with Crippen molar-refractivity contribution in [2.24, 2.45) is 0 Å². The summed E-state index contributed by atoms with van der Waals surface area (Å²) in [4.78, 5) is 4.11. The van der Waals surface area contributed by atoms with E-state index in [0.717, 1.165) is 6.42 Å². The Hall–Kier alpha value is -1.91. The van der Waals surface area contributed by atoms with Gasteiger partial charge in [-0.2, -0.15) is 4.98 Å². The van der Waals surface area contributed by atoms with Gasteiger partial charge in [-0.1, -0.05) is 24.2 Å². The van der Waals surface area contributed by atoms with Crippen LogP contribution in [0.3, 0.4) is 0 Å². The third-order valence-corrected chi connectivity index (χ3v) is 2.13. The summed E-state index contributed by atoms with van der Waals surface area (Å²) in [7, 11) is 0. The van der Waals surface area contributed by atoms with Crippen LogP contribution in [0.4, 0.5) is 10.1 Å². The Morgan fingerprint density at radius 1 is 1.38 bits per heavy atom. The average molecular weight is 221 g/mol. The summed E-state index contributed by atoms with van der Waals surface area (Å²) < 4.78 is 18.2. The van der Waals surface area contributed by atoms with Crippen LogP contribution in [-0.4, -0.2) is 10.1 Å². The zero-order chi connectivity index (χ0) is 11.4. The number of rotatable bonds is 4. The number of aromatic nitrogens is 2. The Kier molecular flexibility index (Phi) is 3.14. The Bertz CT molecular complexity index is 470. The van der Waals surface area contributed by atoms with E-state index in [1.807, 2.05) is 6.92 Å². The normalized spacial score (nSPS) is 10.4. The van der Waals surface area contributed by atoms with Crippen LogP contribution in [0.5, 0.6) is 0 Å². The topological polar surface area (TPSA) is 51.0 Å². The molecule has 0 aliphatic carbocycles. The number of halogens is 1. The maximum absolute atomic E-state index is 13.2. The van der Waals surface area contributed by atoms with Crippen molar-refractivity contribution in [1.29, 1.82) is 0 Å². The van der Waals surface area contributed by atoms with Gasteiger partial charge >= 0.3 is 0 Å². The van der Waals surface area contributed by atoms with Crippen molar-refractivity contribution in [2.75, 3.05) is 5.32 Å². The summed E-state index contributed by atoms with van der Waals surface area (Å²) in [5.41, 5.74) is 0.429. The van der Waals surface area contributed by atoms with E-state index in [9.17, 15) is 4.39 Å². The van der Waals surface area contributed by atoms with Gasteiger partial charge in [-0.15, -0.1) is 0 Å². The molecule has 16 heavy (non-hydrogen) atoms. The molecule has 2 rings (SSSR count). The van der Waals surface area contributed by atoms with E-state index in [0.29, 0.717) is 23.9 Å². The van der Waals surface area contributed by atoms with Crippen molar-refractivity contribution < 1.29 is 8.91 Å². The number of nitrogens with zero attached hydrogens (tertiary/aromatic N) is 2. The predicted octanol–water partition coefficient (Wildman–Crippen LogP) is 2.38. The Labute approximate surface area is 92.5 Å². The molecule has 1 aromatic heterocycles. The van der Waals surface area contributed by atoms with Crippen LogP contribution >= 0.6 is 0 Å². The molecule has 5 heteroatoms. The molecule has 0 bridgehead atoms. The van der Waals surface area contributed by atoms with Crippen LogP contribution in [-0.2, 0) is 13.0 Å². The number of para-hydroxylation sites is 1.